The fourth-order valence-corrected chi connectivity index (χ4v) is 3.02. The van der Waals surface area contributed by atoms with Gasteiger partial charge in [0.05, 0.1) is 5.54 Å². The van der Waals surface area contributed by atoms with Crippen LogP contribution in [0.3, 0.4) is 0 Å². The van der Waals surface area contributed by atoms with Crippen molar-refractivity contribution in [3.05, 3.63) is 17.5 Å². The molecule has 1 aliphatic carbocycles. The van der Waals surface area contributed by atoms with Crippen molar-refractivity contribution in [2.75, 3.05) is 20.1 Å². The molecule has 1 aromatic rings. The Kier molecular flexibility index (Phi) is 4.87. The first-order chi connectivity index (χ1) is 9.88. The molecule has 0 bridgehead atoms. The van der Waals surface area contributed by atoms with Crippen LogP contribution in [0.4, 0.5) is 0 Å². The van der Waals surface area contributed by atoms with Crippen LogP contribution >= 0.6 is 12.4 Å². The summed E-state index contributed by atoms with van der Waals surface area (Å²) in [5, 5.41) is 7.95. The van der Waals surface area contributed by atoms with Crippen LogP contribution in [0.1, 0.15) is 62.1 Å². The Labute approximate surface area is 138 Å². The van der Waals surface area contributed by atoms with Gasteiger partial charge in [-0.15, -0.1) is 12.4 Å². The van der Waals surface area contributed by atoms with E-state index in [1.165, 1.54) is 18.5 Å². The number of hydrogen-bond acceptors (Lipinski definition) is 3. The van der Waals surface area contributed by atoms with Gasteiger partial charge >= 0.3 is 0 Å². The van der Waals surface area contributed by atoms with E-state index in [-0.39, 0.29) is 23.9 Å². The average molecular weight is 327 g/mol. The van der Waals surface area contributed by atoms with Gasteiger partial charge in [-0.25, -0.2) is 0 Å². The number of nitrogens with zero attached hydrogens (tertiary/aromatic N) is 3. The summed E-state index contributed by atoms with van der Waals surface area (Å²) in [6, 6.07) is 2.31. The van der Waals surface area contributed by atoms with Crippen molar-refractivity contribution in [3.63, 3.8) is 0 Å². The lowest BCUT2D eigenvalue weighted by molar-refractivity contribution is 0.0736. The average Bonchev–Trinajstić information content (AvgIpc) is 2.95. The van der Waals surface area contributed by atoms with Crippen LogP contribution in [0.15, 0.2) is 6.07 Å². The molecule has 1 amide bonds. The molecule has 1 saturated heterocycles. The summed E-state index contributed by atoms with van der Waals surface area (Å²) in [6.07, 6.45) is 3.47. The molecule has 3 rings (SSSR count). The van der Waals surface area contributed by atoms with Gasteiger partial charge in [0.2, 0.25) is 0 Å². The quantitative estimate of drug-likeness (QED) is 0.927. The molecule has 124 valence electrons. The van der Waals surface area contributed by atoms with Crippen LogP contribution in [0.25, 0.3) is 0 Å². The molecule has 1 N–H and O–H groups in total. The number of aromatic nitrogens is 2. The first-order valence-electron chi connectivity index (χ1n) is 7.96. The zero-order valence-electron chi connectivity index (χ0n) is 13.9. The summed E-state index contributed by atoms with van der Waals surface area (Å²) < 4.78 is 2.05. The molecule has 0 aromatic carbocycles. The summed E-state index contributed by atoms with van der Waals surface area (Å²) in [4.78, 5) is 14.5. The standard InChI is InChI=1S/C16H26N4O.ClH/c1-16(2,3)20-14(11-5-6-11)9-13(18-20)15(21)19(4)12-7-8-17-10-12;/h9,11-12,17H,5-8,10H2,1-4H3;1H. The summed E-state index contributed by atoms with van der Waals surface area (Å²) >= 11 is 0. The predicted molar refractivity (Wildman–Crippen MR) is 89.8 cm³/mol. The second kappa shape index (κ2) is 6.20. The van der Waals surface area contributed by atoms with Gasteiger partial charge in [0.1, 0.15) is 0 Å². The van der Waals surface area contributed by atoms with Crippen LogP contribution in [-0.2, 0) is 5.54 Å². The van der Waals surface area contributed by atoms with Crippen molar-refractivity contribution < 1.29 is 4.79 Å². The Hall–Kier alpha value is -1.07. The van der Waals surface area contributed by atoms with Gasteiger partial charge in [-0.05, 0) is 52.6 Å². The Morgan fingerprint density at radius 1 is 1.36 bits per heavy atom. The number of nitrogens with one attached hydrogen (secondary N) is 1. The van der Waals surface area contributed by atoms with Crippen molar-refractivity contribution in [1.29, 1.82) is 0 Å². The lowest BCUT2D eigenvalue weighted by atomic mass is 10.1. The molecule has 1 unspecified atom stereocenters. The van der Waals surface area contributed by atoms with Gasteiger partial charge < -0.3 is 10.2 Å². The van der Waals surface area contributed by atoms with E-state index in [1.54, 1.807) is 0 Å². The molecule has 1 aromatic heterocycles. The van der Waals surface area contributed by atoms with Gasteiger partial charge in [0.15, 0.2) is 5.69 Å². The molecule has 1 atom stereocenters. The second-order valence-corrected chi connectivity index (χ2v) is 7.37. The highest BCUT2D eigenvalue weighted by Gasteiger charge is 2.34. The van der Waals surface area contributed by atoms with Crippen molar-refractivity contribution in [2.45, 2.75) is 57.5 Å². The maximum Gasteiger partial charge on any atom is 0.274 e. The Morgan fingerprint density at radius 2 is 2.05 bits per heavy atom. The molecular formula is C16H27ClN4O. The molecule has 2 heterocycles. The van der Waals surface area contributed by atoms with E-state index in [0.717, 1.165) is 19.5 Å². The van der Waals surface area contributed by atoms with E-state index >= 15 is 0 Å². The Balaban J connectivity index is 0.00000176. The van der Waals surface area contributed by atoms with Crippen LogP contribution < -0.4 is 5.32 Å². The van der Waals surface area contributed by atoms with Crippen molar-refractivity contribution in [1.82, 2.24) is 20.0 Å². The van der Waals surface area contributed by atoms with Crippen molar-refractivity contribution >= 4 is 18.3 Å². The Morgan fingerprint density at radius 3 is 2.55 bits per heavy atom. The molecule has 0 spiro atoms. The number of halogens is 1. The van der Waals surface area contributed by atoms with Gasteiger partial charge in [0, 0.05) is 31.2 Å². The molecule has 2 fully saturated rings. The monoisotopic (exact) mass is 326 g/mol. The predicted octanol–water partition coefficient (Wildman–Crippen LogP) is 2.37. The largest absolute Gasteiger partial charge is 0.336 e. The minimum absolute atomic E-state index is 0. The molecule has 5 nitrogen and oxygen atoms in total. The Bertz CT molecular complexity index is 539. The number of hydrogen-bond donors (Lipinski definition) is 1. The molecule has 6 heteroatoms. The topological polar surface area (TPSA) is 50.2 Å². The van der Waals surface area contributed by atoms with E-state index in [0.29, 0.717) is 17.7 Å². The maximum atomic E-state index is 12.7. The fourth-order valence-electron chi connectivity index (χ4n) is 3.02. The van der Waals surface area contributed by atoms with Gasteiger partial charge in [-0.2, -0.15) is 5.10 Å². The van der Waals surface area contributed by atoms with Crippen LogP contribution in [0.5, 0.6) is 0 Å². The van der Waals surface area contributed by atoms with E-state index in [9.17, 15) is 4.79 Å². The molecule has 1 saturated carbocycles. The summed E-state index contributed by atoms with van der Waals surface area (Å²) in [6.45, 7) is 8.31. The number of carbonyl (C=O) groups is 1. The van der Waals surface area contributed by atoms with E-state index < -0.39 is 0 Å². The first kappa shape index (κ1) is 17.3. The number of amides is 1. The third-order valence-electron chi connectivity index (χ3n) is 4.49. The van der Waals surface area contributed by atoms with E-state index in [4.69, 9.17) is 0 Å². The minimum Gasteiger partial charge on any atom is -0.336 e. The zero-order valence-corrected chi connectivity index (χ0v) is 14.7. The normalized spacial score (nSPS) is 21.5. The highest BCUT2D eigenvalue weighted by Crippen LogP contribution is 2.41. The summed E-state index contributed by atoms with van der Waals surface area (Å²) in [5.41, 5.74) is 1.74. The van der Waals surface area contributed by atoms with Crippen LogP contribution in [0.2, 0.25) is 0 Å². The molecule has 1 aliphatic heterocycles. The zero-order chi connectivity index (χ0) is 15.2. The highest BCUT2D eigenvalue weighted by molar-refractivity contribution is 5.92. The minimum atomic E-state index is -0.0794. The fraction of sp³-hybridized carbons (Fsp3) is 0.750. The number of carbonyl (C=O) groups excluding carboxylic acids is 1. The summed E-state index contributed by atoms with van der Waals surface area (Å²) in [7, 11) is 1.90. The maximum absolute atomic E-state index is 12.7. The lowest BCUT2D eigenvalue weighted by Crippen LogP contribution is -2.38. The first-order valence-corrected chi connectivity index (χ1v) is 7.96. The lowest BCUT2D eigenvalue weighted by Gasteiger charge is -2.23. The van der Waals surface area contributed by atoms with Gasteiger partial charge in [0.25, 0.3) is 5.91 Å². The molecule has 0 radical (unpaired) electrons. The third kappa shape index (κ3) is 3.30. The van der Waals surface area contributed by atoms with Crippen molar-refractivity contribution in [2.24, 2.45) is 0 Å². The highest BCUT2D eigenvalue weighted by atomic mass is 35.5. The molecule has 22 heavy (non-hydrogen) atoms. The second-order valence-electron chi connectivity index (χ2n) is 7.37. The van der Waals surface area contributed by atoms with Crippen LogP contribution in [-0.4, -0.2) is 46.8 Å². The SMILES string of the molecule is CN(C(=O)c1cc(C2CC2)n(C(C)(C)C)n1)C1CCNC1.Cl. The number of likely N-dealkylation sites (N-methyl/N-ethyl adjacent to an activating group) is 1. The van der Waals surface area contributed by atoms with E-state index in [2.05, 4.69) is 35.9 Å². The molecular weight excluding hydrogens is 300 g/mol. The van der Waals surface area contributed by atoms with Gasteiger partial charge in [-0.3, -0.25) is 9.48 Å². The number of rotatable bonds is 3. The summed E-state index contributed by atoms with van der Waals surface area (Å²) in [5.74, 6) is 0.644. The molecule has 2 aliphatic rings. The van der Waals surface area contributed by atoms with E-state index in [1.807, 2.05) is 18.0 Å². The smallest absolute Gasteiger partial charge is 0.274 e. The van der Waals surface area contributed by atoms with Crippen LogP contribution in [0, 0.1) is 0 Å². The van der Waals surface area contributed by atoms with Gasteiger partial charge in [-0.1, -0.05) is 0 Å². The van der Waals surface area contributed by atoms with Crippen molar-refractivity contribution in [3.8, 4) is 0 Å². The third-order valence-corrected chi connectivity index (χ3v) is 4.49.